The van der Waals surface area contributed by atoms with Crippen molar-refractivity contribution >= 4 is 39.7 Å². The molecule has 124 valence electrons. The number of carbonyl (C=O) groups is 1. The molecule has 8 heteroatoms. The monoisotopic (exact) mass is 410 g/mol. The smallest absolute Gasteiger partial charge is 0.284 e. The third-order valence-corrected chi connectivity index (χ3v) is 4.06. The van der Waals surface area contributed by atoms with E-state index in [2.05, 4.69) is 26.5 Å². The predicted octanol–water partition coefficient (Wildman–Crippen LogP) is 3.10. The Kier molecular flexibility index (Phi) is 4.92. The maximum absolute atomic E-state index is 12.1. The summed E-state index contributed by atoms with van der Waals surface area (Å²) in [5.74, 6) is 0.618. The van der Waals surface area contributed by atoms with Crippen LogP contribution in [0.25, 0.3) is 0 Å². The highest BCUT2D eigenvalue weighted by Crippen LogP contribution is 2.31. The Morgan fingerprint density at radius 3 is 2.92 bits per heavy atom. The van der Waals surface area contributed by atoms with Crippen LogP contribution in [0.15, 0.2) is 46.0 Å². The SMILES string of the molecule is O=C(N/N=C\c1cc(Cl)cc(Br)c1O)C1COc2ccccc2O1. The maximum Gasteiger partial charge on any atom is 0.284 e. The van der Waals surface area contributed by atoms with Gasteiger partial charge in [0.05, 0.1) is 10.7 Å². The number of ether oxygens (including phenoxy) is 2. The van der Waals surface area contributed by atoms with Gasteiger partial charge in [-0.05, 0) is 40.2 Å². The standard InChI is InChI=1S/C16H12BrClN2O4/c17-11-6-10(18)5-9(15(11)21)7-19-20-16(22)14-8-23-12-3-1-2-4-13(12)24-14/h1-7,14,21H,8H2,(H,20,22)/b19-7-. The third kappa shape index (κ3) is 3.63. The molecule has 1 amide bonds. The number of phenols is 1. The minimum atomic E-state index is -0.809. The quantitative estimate of drug-likeness (QED) is 0.601. The van der Waals surface area contributed by atoms with Gasteiger partial charge in [-0.25, -0.2) is 5.43 Å². The Hall–Kier alpha value is -2.25. The minimum absolute atomic E-state index is 0.0245. The van der Waals surface area contributed by atoms with Crippen LogP contribution >= 0.6 is 27.5 Å². The van der Waals surface area contributed by atoms with E-state index in [1.165, 1.54) is 12.3 Å². The van der Waals surface area contributed by atoms with E-state index in [-0.39, 0.29) is 12.4 Å². The number of fused-ring (bicyclic) bond motifs is 1. The summed E-state index contributed by atoms with van der Waals surface area (Å²) in [6, 6.07) is 10.2. The first-order chi connectivity index (χ1) is 11.5. The molecule has 0 aromatic heterocycles. The molecule has 1 aliphatic heterocycles. The summed E-state index contributed by atoms with van der Waals surface area (Å²) in [6.45, 7) is 0.0896. The highest BCUT2D eigenvalue weighted by Gasteiger charge is 2.27. The van der Waals surface area contributed by atoms with Crippen LogP contribution in [-0.4, -0.2) is 29.9 Å². The summed E-state index contributed by atoms with van der Waals surface area (Å²) < 4.78 is 11.5. The molecule has 1 atom stereocenters. The van der Waals surface area contributed by atoms with E-state index in [0.29, 0.717) is 26.6 Å². The molecule has 0 bridgehead atoms. The van der Waals surface area contributed by atoms with Gasteiger partial charge in [0.1, 0.15) is 12.4 Å². The summed E-state index contributed by atoms with van der Waals surface area (Å²) in [7, 11) is 0. The number of hydrazone groups is 1. The average Bonchev–Trinajstić information content (AvgIpc) is 2.58. The number of nitrogens with zero attached hydrogens (tertiary/aromatic N) is 1. The van der Waals surface area contributed by atoms with Crippen LogP contribution in [0.2, 0.25) is 5.02 Å². The second-order valence-electron chi connectivity index (χ2n) is 4.92. The van der Waals surface area contributed by atoms with Gasteiger partial charge in [0.15, 0.2) is 11.5 Å². The molecule has 0 fully saturated rings. The Morgan fingerprint density at radius 1 is 1.38 bits per heavy atom. The number of carbonyl (C=O) groups excluding carboxylic acids is 1. The van der Waals surface area contributed by atoms with Crippen LogP contribution in [0.5, 0.6) is 17.2 Å². The van der Waals surface area contributed by atoms with Crippen molar-refractivity contribution in [1.29, 1.82) is 0 Å². The molecule has 2 aromatic carbocycles. The molecule has 24 heavy (non-hydrogen) atoms. The second-order valence-corrected chi connectivity index (χ2v) is 6.21. The second kappa shape index (κ2) is 7.11. The molecular formula is C16H12BrClN2O4. The zero-order valence-corrected chi connectivity index (χ0v) is 14.5. The Morgan fingerprint density at radius 2 is 2.12 bits per heavy atom. The van der Waals surface area contributed by atoms with Crippen LogP contribution < -0.4 is 14.9 Å². The summed E-state index contributed by atoms with van der Waals surface area (Å²) in [5, 5.41) is 14.1. The summed E-state index contributed by atoms with van der Waals surface area (Å²) >= 11 is 9.08. The summed E-state index contributed by atoms with van der Waals surface area (Å²) in [6.07, 6.45) is 0.485. The number of halogens is 2. The van der Waals surface area contributed by atoms with E-state index in [9.17, 15) is 9.90 Å². The van der Waals surface area contributed by atoms with Crippen molar-refractivity contribution in [2.75, 3.05) is 6.61 Å². The van der Waals surface area contributed by atoms with Crippen LogP contribution in [0.3, 0.4) is 0 Å². The van der Waals surface area contributed by atoms with Crippen molar-refractivity contribution in [3.05, 3.63) is 51.5 Å². The molecule has 0 radical (unpaired) electrons. The van der Waals surface area contributed by atoms with Crippen LogP contribution in [0.1, 0.15) is 5.56 Å². The molecule has 3 rings (SSSR count). The fourth-order valence-corrected chi connectivity index (χ4v) is 2.90. The molecule has 1 aliphatic rings. The molecule has 2 aromatic rings. The van der Waals surface area contributed by atoms with Gasteiger partial charge in [-0.15, -0.1) is 0 Å². The molecule has 0 saturated carbocycles. The van der Waals surface area contributed by atoms with E-state index >= 15 is 0 Å². The zero-order chi connectivity index (χ0) is 17.1. The number of para-hydroxylation sites is 2. The van der Waals surface area contributed by atoms with Gasteiger partial charge in [-0.3, -0.25) is 4.79 Å². The zero-order valence-electron chi connectivity index (χ0n) is 12.2. The number of nitrogens with one attached hydrogen (secondary N) is 1. The minimum Gasteiger partial charge on any atom is -0.506 e. The molecule has 0 spiro atoms. The molecule has 1 unspecified atom stereocenters. The van der Waals surface area contributed by atoms with Gasteiger partial charge >= 0.3 is 0 Å². The van der Waals surface area contributed by atoms with Crippen molar-refractivity contribution in [3.63, 3.8) is 0 Å². The van der Waals surface area contributed by atoms with Crippen LogP contribution in [-0.2, 0) is 4.79 Å². The lowest BCUT2D eigenvalue weighted by molar-refractivity contribution is -0.130. The number of amides is 1. The molecule has 1 heterocycles. The molecule has 6 nitrogen and oxygen atoms in total. The Balaban J connectivity index is 1.64. The van der Waals surface area contributed by atoms with Crippen LogP contribution in [0.4, 0.5) is 0 Å². The first-order valence-electron chi connectivity index (χ1n) is 6.94. The van der Waals surface area contributed by atoms with Crippen LogP contribution in [0, 0.1) is 0 Å². The first kappa shape index (κ1) is 16.6. The number of hydrogen-bond donors (Lipinski definition) is 2. The largest absolute Gasteiger partial charge is 0.506 e. The van der Waals surface area contributed by atoms with Gasteiger partial charge in [0, 0.05) is 10.6 Å². The van der Waals surface area contributed by atoms with Crippen molar-refractivity contribution < 1.29 is 19.4 Å². The lowest BCUT2D eigenvalue weighted by Crippen LogP contribution is -2.42. The molecular weight excluding hydrogens is 400 g/mol. The van der Waals surface area contributed by atoms with E-state index in [0.717, 1.165) is 0 Å². The number of rotatable bonds is 3. The molecule has 2 N–H and O–H groups in total. The normalized spacial score (nSPS) is 16.2. The van der Waals surface area contributed by atoms with Crippen molar-refractivity contribution in [2.24, 2.45) is 5.10 Å². The van der Waals surface area contributed by atoms with E-state index in [1.807, 2.05) is 6.07 Å². The maximum atomic E-state index is 12.1. The van der Waals surface area contributed by atoms with E-state index < -0.39 is 12.0 Å². The highest BCUT2D eigenvalue weighted by atomic mass is 79.9. The number of hydrogen-bond acceptors (Lipinski definition) is 5. The number of benzene rings is 2. The fraction of sp³-hybridized carbons (Fsp3) is 0.125. The Bertz CT molecular complexity index is 813. The van der Waals surface area contributed by atoms with Gasteiger partial charge in [-0.2, -0.15) is 5.10 Å². The lowest BCUT2D eigenvalue weighted by Gasteiger charge is -2.24. The topological polar surface area (TPSA) is 80.2 Å². The number of phenolic OH excluding ortho intramolecular Hbond substituents is 1. The summed E-state index contributed by atoms with van der Waals surface area (Å²) in [5.41, 5.74) is 2.72. The number of aromatic hydroxyl groups is 1. The average molecular weight is 412 g/mol. The van der Waals surface area contributed by atoms with Gasteiger partial charge in [-0.1, -0.05) is 23.7 Å². The van der Waals surface area contributed by atoms with Crippen molar-refractivity contribution in [1.82, 2.24) is 5.43 Å². The Labute approximate surface area is 151 Å². The fourth-order valence-electron chi connectivity index (χ4n) is 2.07. The molecule has 0 saturated heterocycles. The van der Waals surface area contributed by atoms with E-state index in [4.69, 9.17) is 21.1 Å². The summed E-state index contributed by atoms with van der Waals surface area (Å²) in [4.78, 5) is 12.1. The highest BCUT2D eigenvalue weighted by molar-refractivity contribution is 9.10. The van der Waals surface area contributed by atoms with Gasteiger partial charge in [0.25, 0.3) is 5.91 Å². The van der Waals surface area contributed by atoms with E-state index in [1.54, 1.807) is 24.3 Å². The first-order valence-corrected chi connectivity index (χ1v) is 8.11. The van der Waals surface area contributed by atoms with Crippen molar-refractivity contribution in [3.8, 4) is 17.2 Å². The predicted molar refractivity (Wildman–Crippen MR) is 92.9 cm³/mol. The van der Waals surface area contributed by atoms with Crippen molar-refractivity contribution in [2.45, 2.75) is 6.10 Å². The van der Waals surface area contributed by atoms with Gasteiger partial charge in [0.2, 0.25) is 6.10 Å². The third-order valence-electron chi connectivity index (χ3n) is 3.24. The molecule has 0 aliphatic carbocycles. The van der Waals surface area contributed by atoms with Gasteiger partial charge < -0.3 is 14.6 Å². The lowest BCUT2D eigenvalue weighted by atomic mass is 10.2.